The number of ether oxygens (including phenoxy) is 1. The SMILES string of the molecule is O=C(C1CCC(F)(F)CC1)N1CC[C@H](O)[C@]2(CCCO2)C1. The molecule has 2 saturated heterocycles. The Morgan fingerprint density at radius 1 is 1.19 bits per heavy atom. The number of alkyl halides is 2. The fourth-order valence-electron chi connectivity index (χ4n) is 3.89. The summed E-state index contributed by atoms with van der Waals surface area (Å²) in [5.74, 6) is -2.93. The number of amides is 1. The minimum atomic E-state index is -2.61. The summed E-state index contributed by atoms with van der Waals surface area (Å²) in [6.45, 7) is 1.52. The van der Waals surface area contributed by atoms with Gasteiger partial charge in [0.05, 0.1) is 12.6 Å². The molecule has 0 aromatic heterocycles. The van der Waals surface area contributed by atoms with Crippen molar-refractivity contribution in [3.63, 3.8) is 0 Å². The highest BCUT2D eigenvalue weighted by Crippen LogP contribution is 2.39. The Labute approximate surface area is 123 Å². The van der Waals surface area contributed by atoms with Gasteiger partial charge in [0.1, 0.15) is 5.60 Å². The first-order valence-electron chi connectivity index (χ1n) is 7.91. The van der Waals surface area contributed by atoms with Crippen LogP contribution in [0.3, 0.4) is 0 Å². The summed E-state index contributed by atoms with van der Waals surface area (Å²) in [5.41, 5.74) is -0.619. The second-order valence-electron chi connectivity index (χ2n) is 6.71. The lowest BCUT2D eigenvalue weighted by Crippen LogP contribution is -2.58. The van der Waals surface area contributed by atoms with E-state index in [9.17, 15) is 18.7 Å². The molecule has 120 valence electrons. The first-order valence-corrected chi connectivity index (χ1v) is 7.91. The van der Waals surface area contributed by atoms with Gasteiger partial charge in [0, 0.05) is 31.9 Å². The summed E-state index contributed by atoms with van der Waals surface area (Å²) >= 11 is 0. The zero-order valence-electron chi connectivity index (χ0n) is 12.2. The molecule has 2 heterocycles. The lowest BCUT2D eigenvalue weighted by atomic mass is 9.83. The van der Waals surface area contributed by atoms with Gasteiger partial charge in [-0.05, 0) is 32.1 Å². The highest BCUT2D eigenvalue weighted by atomic mass is 19.3. The van der Waals surface area contributed by atoms with Gasteiger partial charge in [0.15, 0.2) is 0 Å². The Morgan fingerprint density at radius 3 is 2.52 bits per heavy atom. The Balaban J connectivity index is 1.63. The van der Waals surface area contributed by atoms with Crippen LogP contribution in [-0.4, -0.2) is 53.2 Å². The van der Waals surface area contributed by atoms with E-state index < -0.39 is 17.6 Å². The first-order chi connectivity index (χ1) is 9.92. The van der Waals surface area contributed by atoms with Crippen molar-refractivity contribution >= 4 is 5.91 Å². The van der Waals surface area contributed by atoms with Crippen LogP contribution >= 0.6 is 0 Å². The Hall–Kier alpha value is -0.750. The molecule has 2 atom stereocenters. The van der Waals surface area contributed by atoms with Gasteiger partial charge in [-0.3, -0.25) is 4.79 Å². The highest BCUT2D eigenvalue weighted by Gasteiger charge is 2.48. The molecule has 21 heavy (non-hydrogen) atoms. The zero-order valence-corrected chi connectivity index (χ0v) is 12.2. The molecule has 1 amide bonds. The molecule has 1 aliphatic carbocycles. The second-order valence-corrected chi connectivity index (χ2v) is 6.71. The Kier molecular flexibility index (Phi) is 3.94. The lowest BCUT2D eigenvalue weighted by molar-refractivity contribution is -0.160. The van der Waals surface area contributed by atoms with E-state index in [1.807, 2.05) is 0 Å². The van der Waals surface area contributed by atoms with Crippen molar-refractivity contribution < 1.29 is 23.4 Å². The molecule has 0 aromatic rings. The quantitative estimate of drug-likeness (QED) is 0.805. The number of nitrogens with zero attached hydrogens (tertiary/aromatic N) is 1. The lowest BCUT2D eigenvalue weighted by Gasteiger charge is -2.44. The van der Waals surface area contributed by atoms with Crippen molar-refractivity contribution in [2.45, 2.75) is 62.6 Å². The number of piperidine rings is 1. The van der Waals surface area contributed by atoms with Gasteiger partial charge in [0.2, 0.25) is 11.8 Å². The number of carbonyl (C=O) groups excluding carboxylic acids is 1. The predicted octanol–water partition coefficient (Wildman–Crippen LogP) is 1.95. The fraction of sp³-hybridized carbons (Fsp3) is 0.933. The standard InChI is InChI=1S/C15H23F2NO3/c16-15(17)6-2-11(3-7-15)13(20)18-8-4-12(19)14(10-18)5-1-9-21-14/h11-12,19H,1-10H2/t12-,14-/m0/s1. The molecule has 1 spiro atoms. The topological polar surface area (TPSA) is 49.8 Å². The molecule has 1 N–H and O–H groups in total. The summed E-state index contributed by atoms with van der Waals surface area (Å²) in [5, 5.41) is 10.2. The van der Waals surface area contributed by atoms with E-state index in [-0.39, 0.29) is 37.5 Å². The minimum absolute atomic E-state index is 0.0349. The van der Waals surface area contributed by atoms with Crippen LogP contribution in [0, 0.1) is 5.92 Å². The molecular weight excluding hydrogens is 280 g/mol. The van der Waals surface area contributed by atoms with E-state index in [1.165, 1.54) is 0 Å². The van der Waals surface area contributed by atoms with Gasteiger partial charge >= 0.3 is 0 Å². The predicted molar refractivity (Wildman–Crippen MR) is 72.0 cm³/mol. The van der Waals surface area contributed by atoms with Crippen molar-refractivity contribution in [3.05, 3.63) is 0 Å². The third-order valence-electron chi connectivity index (χ3n) is 5.25. The van der Waals surface area contributed by atoms with Crippen molar-refractivity contribution in [3.8, 4) is 0 Å². The number of likely N-dealkylation sites (tertiary alicyclic amines) is 1. The molecule has 0 bridgehead atoms. The van der Waals surface area contributed by atoms with Crippen LogP contribution in [-0.2, 0) is 9.53 Å². The average Bonchev–Trinajstić information content (AvgIpc) is 2.91. The number of hydrogen-bond acceptors (Lipinski definition) is 3. The molecule has 3 aliphatic rings. The molecule has 0 radical (unpaired) electrons. The van der Waals surface area contributed by atoms with Crippen LogP contribution in [0.15, 0.2) is 0 Å². The molecule has 0 aromatic carbocycles. The van der Waals surface area contributed by atoms with E-state index in [2.05, 4.69) is 0 Å². The van der Waals surface area contributed by atoms with Gasteiger partial charge < -0.3 is 14.7 Å². The summed E-state index contributed by atoms with van der Waals surface area (Å²) in [4.78, 5) is 14.3. The number of hydrogen-bond donors (Lipinski definition) is 1. The summed E-state index contributed by atoms with van der Waals surface area (Å²) in [6, 6.07) is 0. The smallest absolute Gasteiger partial charge is 0.248 e. The number of aliphatic hydroxyl groups excluding tert-OH is 1. The number of aliphatic hydroxyl groups is 1. The number of rotatable bonds is 1. The van der Waals surface area contributed by atoms with Gasteiger partial charge in [-0.15, -0.1) is 0 Å². The van der Waals surface area contributed by atoms with Crippen LogP contribution in [0.4, 0.5) is 8.78 Å². The first kappa shape index (κ1) is 15.2. The van der Waals surface area contributed by atoms with Gasteiger partial charge in [-0.1, -0.05) is 0 Å². The second kappa shape index (κ2) is 5.47. The van der Waals surface area contributed by atoms with Crippen molar-refractivity contribution in [1.29, 1.82) is 0 Å². The van der Waals surface area contributed by atoms with Crippen molar-refractivity contribution in [1.82, 2.24) is 4.90 Å². The molecule has 3 rings (SSSR count). The third-order valence-corrected chi connectivity index (χ3v) is 5.25. The molecular formula is C15H23F2NO3. The Bertz CT molecular complexity index is 400. The minimum Gasteiger partial charge on any atom is -0.390 e. The van der Waals surface area contributed by atoms with E-state index in [0.717, 1.165) is 12.8 Å². The summed E-state index contributed by atoms with van der Waals surface area (Å²) in [6.07, 6.45) is 1.78. The third kappa shape index (κ3) is 2.93. The maximum Gasteiger partial charge on any atom is 0.248 e. The zero-order chi connectivity index (χ0) is 15.1. The molecule has 4 nitrogen and oxygen atoms in total. The van der Waals surface area contributed by atoms with Crippen LogP contribution < -0.4 is 0 Å². The van der Waals surface area contributed by atoms with Crippen LogP contribution in [0.5, 0.6) is 0 Å². The van der Waals surface area contributed by atoms with E-state index >= 15 is 0 Å². The van der Waals surface area contributed by atoms with Crippen LogP contribution in [0.1, 0.15) is 44.9 Å². The van der Waals surface area contributed by atoms with Crippen LogP contribution in [0.25, 0.3) is 0 Å². The van der Waals surface area contributed by atoms with Crippen molar-refractivity contribution in [2.24, 2.45) is 5.92 Å². The average molecular weight is 303 g/mol. The van der Waals surface area contributed by atoms with E-state index in [4.69, 9.17) is 4.74 Å². The molecule has 6 heteroatoms. The number of halogens is 2. The van der Waals surface area contributed by atoms with E-state index in [0.29, 0.717) is 26.1 Å². The maximum absolute atomic E-state index is 13.2. The van der Waals surface area contributed by atoms with Crippen LogP contribution in [0.2, 0.25) is 0 Å². The maximum atomic E-state index is 13.2. The normalized spacial score (nSPS) is 37.1. The highest BCUT2D eigenvalue weighted by molar-refractivity contribution is 5.79. The fourth-order valence-corrected chi connectivity index (χ4v) is 3.89. The molecule has 1 saturated carbocycles. The van der Waals surface area contributed by atoms with E-state index in [1.54, 1.807) is 4.90 Å². The molecule has 0 unspecified atom stereocenters. The monoisotopic (exact) mass is 303 g/mol. The van der Waals surface area contributed by atoms with Gasteiger partial charge in [0.25, 0.3) is 0 Å². The number of carbonyl (C=O) groups is 1. The molecule has 3 fully saturated rings. The summed E-state index contributed by atoms with van der Waals surface area (Å²) < 4.78 is 32.1. The molecule has 2 aliphatic heterocycles. The Morgan fingerprint density at radius 2 is 1.90 bits per heavy atom. The van der Waals surface area contributed by atoms with Crippen molar-refractivity contribution in [2.75, 3.05) is 19.7 Å². The largest absolute Gasteiger partial charge is 0.390 e. The van der Waals surface area contributed by atoms with Gasteiger partial charge in [-0.25, -0.2) is 8.78 Å². The summed E-state index contributed by atoms with van der Waals surface area (Å²) in [7, 11) is 0. The van der Waals surface area contributed by atoms with Gasteiger partial charge in [-0.2, -0.15) is 0 Å².